The van der Waals surface area contributed by atoms with Crippen LogP contribution in [0.4, 0.5) is 18.9 Å². The molecule has 0 aliphatic rings. The molecule has 0 saturated carbocycles. The standard InChI is InChI=1S/C9H9ClF3N3S/c10-6-1-3-7(4-2-6)15-8(17)16(14)5-9(11,12)13/h1-4H,5,14H2,(H,15,17). The van der Waals surface area contributed by atoms with Gasteiger partial charge in [-0.3, -0.25) is 5.01 Å². The van der Waals surface area contributed by atoms with Crippen molar-refractivity contribution in [3.05, 3.63) is 29.3 Å². The van der Waals surface area contributed by atoms with Crippen molar-refractivity contribution >= 4 is 34.6 Å². The van der Waals surface area contributed by atoms with Gasteiger partial charge < -0.3 is 5.32 Å². The van der Waals surface area contributed by atoms with Crippen molar-refractivity contribution in [2.75, 3.05) is 11.9 Å². The van der Waals surface area contributed by atoms with Crippen LogP contribution in [0.2, 0.25) is 5.02 Å². The highest BCUT2D eigenvalue weighted by Crippen LogP contribution is 2.16. The summed E-state index contributed by atoms with van der Waals surface area (Å²) < 4.78 is 36.1. The lowest BCUT2D eigenvalue weighted by atomic mass is 10.3. The minimum atomic E-state index is -4.40. The van der Waals surface area contributed by atoms with Gasteiger partial charge in [-0.05, 0) is 36.5 Å². The van der Waals surface area contributed by atoms with E-state index >= 15 is 0 Å². The van der Waals surface area contributed by atoms with Gasteiger partial charge in [-0.25, -0.2) is 5.84 Å². The second-order valence-corrected chi connectivity index (χ2v) is 4.00. The molecule has 0 amide bonds. The number of anilines is 1. The van der Waals surface area contributed by atoms with Gasteiger partial charge in [0.05, 0.1) is 0 Å². The molecule has 94 valence electrons. The van der Waals surface area contributed by atoms with E-state index in [1.807, 2.05) is 0 Å². The predicted molar refractivity (Wildman–Crippen MR) is 64.6 cm³/mol. The van der Waals surface area contributed by atoms with Gasteiger partial charge in [0, 0.05) is 10.7 Å². The van der Waals surface area contributed by atoms with E-state index in [0.29, 0.717) is 15.7 Å². The maximum atomic E-state index is 12.0. The topological polar surface area (TPSA) is 41.3 Å². The molecule has 0 spiro atoms. The normalized spacial score (nSPS) is 11.1. The van der Waals surface area contributed by atoms with Crippen LogP contribution in [0.5, 0.6) is 0 Å². The molecule has 0 saturated heterocycles. The van der Waals surface area contributed by atoms with Gasteiger partial charge in [-0.2, -0.15) is 13.2 Å². The fraction of sp³-hybridized carbons (Fsp3) is 0.222. The molecule has 3 N–H and O–H groups in total. The van der Waals surface area contributed by atoms with Crippen LogP contribution in [0.1, 0.15) is 0 Å². The van der Waals surface area contributed by atoms with Gasteiger partial charge >= 0.3 is 6.18 Å². The van der Waals surface area contributed by atoms with E-state index in [9.17, 15) is 13.2 Å². The lowest BCUT2D eigenvalue weighted by Crippen LogP contribution is -2.45. The van der Waals surface area contributed by atoms with Crippen LogP contribution in [-0.4, -0.2) is 22.8 Å². The average Bonchev–Trinajstić information content (AvgIpc) is 2.19. The summed E-state index contributed by atoms with van der Waals surface area (Å²) in [6.07, 6.45) is -4.40. The summed E-state index contributed by atoms with van der Waals surface area (Å²) in [6, 6.07) is 6.32. The molecule has 0 bridgehead atoms. The lowest BCUT2D eigenvalue weighted by Gasteiger charge is -2.21. The van der Waals surface area contributed by atoms with Crippen LogP contribution in [0.25, 0.3) is 0 Å². The summed E-state index contributed by atoms with van der Waals surface area (Å²) in [5.74, 6) is 5.16. The highest BCUT2D eigenvalue weighted by Gasteiger charge is 2.30. The molecular formula is C9H9ClF3N3S. The first-order chi connectivity index (χ1) is 7.78. The summed E-state index contributed by atoms with van der Waals surface area (Å²) in [7, 11) is 0. The van der Waals surface area contributed by atoms with Gasteiger partial charge in [0.25, 0.3) is 0 Å². The van der Waals surface area contributed by atoms with Crippen molar-refractivity contribution in [1.82, 2.24) is 5.01 Å². The maximum Gasteiger partial charge on any atom is 0.407 e. The van der Waals surface area contributed by atoms with Crippen molar-refractivity contribution in [2.24, 2.45) is 5.84 Å². The summed E-state index contributed by atoms with van der Waals surface area (Å²) in [5.41, 5.74) is 0.511. The molecule has 0 aromatic heterocycles. The summed E-state index contributed by atoms with van der Waals surface area (Å²) in [5, 5.41) is 3.28. The first-order valence-electron chi connectivity index (χ1n) is 4.43. The van der Waals surface area contributed by atoms with Gasteiger partial charge in [-0.1, -0.05) is 11.6 Å². The number of alkyl halides is 3. The molecule has 0 atom stereocenters. The Morgan fingerprint density at radius 2 is 1.88 bits per heavy atom. The first kappa shape index (κ1) is 14.0. The monoisotopic (exact) mass is 283 g/mol. The van der Waals surface area contributed by atoms with E-state index in [1.165, 1.54) is 0 Å². The number of nitrogens with zero attached hydrogens (tertiary/aromatic N) is 1. The average molecular weight is 284 g/mol. The van der Waals surface area contributed by atoms with Crippen LogP contribution in [0, 0.1) is 0 Å². The Kier molecular flexibility index (Phi) is 4.55. The van der Waals surface area contributed by atoms with Gasteiger partial charge in [0.1, 0.15) is 6.54 Å². The predicted octanol–water partition coefficient (Wildman–Crippen LogP) is 2.77. The molecule has 0 fully saturated rings. The molecular weight excluding hydrogens is 275 g/mol. The number of hydrazine groups is 1. The molecule has 1 rings (SSSR count). The quantitative estimate of drug-likeness (QED) is 0.497. The van der Waals surface area contributed by atoms with Crippen LogP contribution < -0.4 is 11.2 Å². The largest absolute Gasteiger partial charge is 0.407 e. The smallest absolute Gasteiger partial charge is 0.332 e. The number of hydrogen-bond donors (Lipinski definition) is 2. The molecule has 3 nitrogen and oxygen atoms in total. The first-order valence-corrected chi connectivity index (χ1v) is 5.22. The molecule has 1 aromatic carbocycles. The van der Waals surface area contributed by atoms with E-state index in [2.05, 4.69) is 5.32 Å². The Morgan fingerprint density at radius 3 is 2.35 bits per heavy atom. The van der Waals surface area contributed by atoms with E-state index in [1.54, 1.807) is 24.3 Å². The SMILES string of the molecule is NN(CC(F)(F)F)C(=S)Nc1ccc(Cl)cc1. The van der Waals surface area contributed by atoms with E-state index < -0.39 is 12.7 Å². The summed E-state index contributed by atoms with van der Waals surface area (Å²) in [6.45, 7) is -1.31. The van der Waals surface area contributed by atoms with Gasteiger partial charge in [0.2, 0.25) is 0 Å². The Bertz CT molecular complexity index is 393. The molecule has 8 heteroatoms. The summed E-state index contributed by atoms with van der Waals surface area (Å²) >= 11 is 10.4. The second kappa shape index (κ2) is 5.52. The fourth-order valence-electron chi connectivity index (χ4n) is 0.993. The van der Waals surface area contributed by atoms with Crippen LogP contribution in [0.15, 0.2) is 24.3 Å². The fourth-order valence-corrected chi connectivity index (χ4v) is 1.30. The molecule has 0 aliphatic carbocycles. The Balaban J connectivity index is 2.57. The Hall–Kier alpha value is -1.05. The van der Waals surface area contributed by atoms with Crippen LogP contribution in [-0.2, 0) is 0 Å². The van der Waals surface area contributed by atoms with Crippen molar-refractivity contribution in [2.45, 2.75) is 6.18 Å². The van der Waals surface area contributed by atoms with Crippen molar-refractivity contribution in [1.29, 1.82) is 0 Å². The highest BCUT2D eigenvalue weighted by molar-refractivity contribution is 7.80. The maximum absolute atomic E-state index is 12.0. The number of halogens is 4. The zero-order valence-electron chi connectivity index (χ0n) is 8.46. The van der Waals surface area contributed by atoms with Crippen molar-refractivity contribution in [3.8, 4) is 0 Å². The van der Waals surface area contributed by atoms with E-state index in [-0.39, 0.29) is 5.11 Å². The third kappa shape index (κ3) is 5.20. The van der Waals surface area contributed by atoms with Gasteiger partial charge in [0.15, 0.2) is 5.11 Å². The number of nitrogens with two attached hydrogens (primary N) is 1. The molecule has 0 unspecified atom stereocenters. The zero-order valence-corrected chi connectivity index (χ0v) is 10.0. The third-order valence-electron chi connectivity index (χ3n) is 1.71. The molecule has 0 heterocycles. The lowest BCUT2D eigenvalue weighted by molar-refractivity contribution is -0.137. The minimum Gasteiger partial charge on any atom is -0.332 e. The second-order valence-electron chi connectivity index (χ2n) is 3.18. The molecule has 1 aromatic rings. The number of rotatable bonds is 2. The van der Waals surface area contributed by atoms with E-state index in [4.69, 9.17) is 29.7 Å². The molecule has 17 heavy (non-hydrogen) atoms. The zero-order chi connectivity index (χ0) is 13.1. The Morgan fingerprint density at radius 1 is 1.35 bits per heavy atom. The van der Waals surface area contributed by atoms with Crippen LogP contribution in [0.3, 0.4) is 0 Å². The number of hydrogen-bond acceptors (Lipinski definition) is 2. The van der Waals surface area contributed by atoms with Gasteiger partial charge in [-0.15, -0.1) is 0 Å². The third-order valence-corrected chi connectivity index (χ3v) is 2.29. The number of thiocarbonyl (C=S) groups is 1. The number of nitrogens with one attached hydrogen (secondary N) is 1. The van der Waals surface area contributed by atoms with E-state index in [0.717, 1.165) is 0 Å². The van der Waals surface area contributed by atoms with Crippen molar-refractivity contribution in [3.63, 3.8) is 0 Å². The van der Waals surface area contributed by atoms with Crippen LogP contribution >= 0.6 is 23.8 Å². The van der Waals surface area contributed by atoms with Crippen molar-refractivity contribution < 1.29 is 13.2 Å². The summed E-state index contributed by atoms with van der Waals surface area (Å²) in [4.78, 5) is 0. The minimum absolute atomic E-state index is 0.218. The number of benzene rings is 1. The molecule has 0 aliphatic heterocycles. The molecule has 0 radical (unpaired) electrons. The Labute approximate surface area is 106 Å². The highest BCUT2D eigenvalue weighted by atomic mass is 35.5.